The molecule has 1 atom stereocenters. The third kappa shape index (κ3) is 3.28. The van der Waals surface area contributed by atoms with Crippen LogP contribution in [0.1, 0.15) is 22.3 Å². The minimum absolute atomic E-state index is 0.327. The highest BCUT2D eigenvalue weighted by molar-refractivity contribution is 6.10. The molecule has 1 amide bonds. The van der Waals surface area contributed by atoms with E-state index in [4.69, 9.17) is 10.5 Å². The number of rotatable bonds is 5. The van der Waals surface area contributed by atoms with Crippen LogP contribution in [-0.2, 0) is 15.1 Å². The monoisotopic (exact) mass is 381 g/mol. The Hall–Kier alpha value is -2.74. The molecule has 1 unspecified atom stereocenters. The van der Waals surface area contributed by atoms with Crippen LogP contribution in [0.4, 0.5) is 11.4 Å². The first-order valence-electron chi connectivity index (χ1n) is 9.32. The predicted octanol–water partition coefficient (Wildman–Crippen LogP) is 1.37. The second-order valence-corrected chi connectivity index (χ2v) is 7.21. The third-order valence-corrected chi connectivity index (χ3v) is 5.31. The highest BCUT2D eigenvalue weighted by Gasteiger charge is 2.51. The van der Waals surface area contributed by atoms with Gasteiger partial charge in [0.1, 0.15) is 0 Å². The summed E-state index contributed by atoms with van der Waals surface area (Å²) < 4.78 is 5.36. The van der Waals surface area contributed by atoms with Gasteiger partial charge >= 0.3 is 0 Å². The number of nitrogen functional groups attached to an aromatic ring is 1. The quantitative estimate of drug-likeness (QED) is 0.600. The van der Waals surface area contributed by atoms with Crippen LogP contribution in [0.2, 0.25) is 0 Å². The summed E-state index contributed by atoms with van der Waals surface area (Å²) in [4.78, 5) is 29.7. The summed E-state index contributed by atoms with van der Waals surface area (Å²) in [7, 11) is 0. The number of amides is 1. The number of carbonyl (C=O) groups is 2. The van der Waals surface area contributed by atoms with E-state index >= 15 is 0 Å². The van der Waals surface area contributed by atoms with E-state index in [1.165, 1.54) is 0 Å². The number of hydrogen-bond acceptors (Lipinski definition) is 6. The van der Waals surface area contributed by atoms with Gasteiger partial charge in [-0.15, -0.1) is 0 Å². The number of nitrogens with zero attached hydrogens (tertiary/aromatic N) is 2. The molecule has 2 aliphatic heterocycles. The molecule has 28 heavy (non-hydrogen) atoms. The van der Waals surface area contributed by atoms with Crippen LogP contribution in [0.15, 0.2) is 48.5 Å². The molecule has 2 heterocycles. The van der Waals surface area contributed by atoms with Gasteiger partial charge < -0.3 is 15.6 Å². The van der Waals surface area contributed by atoms with Gasteiger partial charge in [-0.1, -0.05) is 30.3 Å². The number of nitrogens with two attached hydrogens (primary N) is 1. The number of para-hydroxylation sites is 1. The number of ether oxygens (including phenoxy) is 1. The van der Waals surface area contributed by atoms with Crippen molar-refractivity contribution in [2.24, 2.45) is 0 Å². The van der Waals surface area contributed by atoms with Crippen LogP contribution >= 0.6 is 0 Å². The van der Waals surface area contributed by atoms with Crippen molar-refractivity contribution in [1.29, 1.82) is 0 Å². The fraction of sp³-hybridized carbons (Fsp3) is 0.333. The van der Waals surface area contributed by atoms with Gasteiger partial charge in [0, 0.05) is 29.9 Å². The van der Waals surface area contributed by atoms with E-state index in [2.05, 4.69) is 4.90 Å². The average Bonchev–Trinajstić information content (AvgIpc) is 2.91. The van der Waals surface area contributed by atoms with E-state index in [0.29, 0.717) is 55.5 Å². The van der Waals surface area contributed by atoms with E-state index in [-0.39, 0.29) is 12.2 Å². The van der Waals surface area contributed by atoms with Gasteiger partial charge in [-0.3, -0.25) is 19.4 Å². The molecule has 0 aromatic heterocycles. The number of fused-ring (bicyclic) bond motifs is 1. The normalized spacial score (nSPS) is 22.3. The molecule has 3 N–H and O–H groups in total. The van der Waals surface area contributed by atoms with Crippen LogP contribution < -0.4 is 10.6 Å². The molecule has 1 saturated heterocycles. The van der Waals surface area contributed by atoms with Crippen LogP contribution in [0.5, 0.6) is 0 Å². The molecule has 0 spiro atoms. The van der Waals surface area contributed by atoms with Crippen molar-refractivity contribution in [2.45, 2.75) is 12.0 Å². The highest BCUT2D eigenvalue weighted by atomic mass is 16.5. The summed E-state index contributed by atoms with van der Waals surface area (Å²) in [5.74, 6) is -0.802. The van der Waals surface area contributed by atoms with Crippen molar-refractivity contribution >= 4 is 23.1 Å². The van der Waals surface area contributed by atoms with Crippen molar-refractivity contribution in [1.82, 2.24) is 4.90 Å². The lowest BCUT2D eigenvalue weighted by atomic mass is 9.88. The molecule has 146 valence electrons. The largest absolute Gasteiger partial charge is 0.399 e. The van der Waals surface area contributed by atoms with Crippen molar-refractivity contribution in [3.63, 3.8) is 0 Å². The summed E-state index contributed by atoms with van der Waals surface area (Å²) in [6.07, 6.45) is -0.327. The molecule has 2 aromatic rings. The maximum atomic E-state index is 13.2. The van der Waals surface area contributed by atoms with Gasteiger partial charge in [0.05, 0.1) is 32.0 Å². The summed E-state index contributed by atoms with van der Waals surface area (Å²) >= 11 is 0. The van der Waals surface area contributed by atoms with Crippen LogP contribution in [0.25, 0.3) is 0 Å². The van der Waals surface area contributed by atoms with Crippen LogP contribution in [0, 0.1) is 0 Å². The predicted molar refractivity (Wildman–Crippen MR) is 105 cm³/mol. The fourth-order valence-electron chi connectivity index (χ4n) is 3.81. The maximum Gasteiger partial charge on any atom is 0.265 e. The first-order valence-corrected chi connectivity index (χ1v) is 9.32. The second kappa shape index (κ2) is 7.35. The SMILES string of the molecule is Nc1cccc(C(=O)CC2(O)C(=O)N(CN3CCOCC3)c3ccccc32)c1. The summed E-state index contributed by atoms with van der Waals surface area (Å²) in [6.45, 7) is 3.01. The molecular weight excluding hydrogens is 358 g/mol. The Morgan fingerprint density at radius 3 is 2.64 bits per heavy atom. The lowest BCUT2D eigenvalue weighted by molar-refractivity contribution is -0.136. The van der Waals surface area contributed by atoms with Crippen molar-refractivity contribution in [2.75, 3.05) is 43.6 Å². The number of benzene rings is 2. The smallest absolute Gasteiger partial charge is 0.265 e. The highest BCUT2D eigenvalue weighted by Crippen LogP contribution is 2.43. The summed E-state index contributed by atoms with van der Waals surface area (Å²) in [5, 5.41) is 11.3. The zero-order valence-corrected chi connectivity index (χ0v) is 15.5. The van der Waals surface area contributed by atoms with Gasteiger partial charge in [-0.25, -0.2) is 0 Å². The lowest BCUT2D eigenvalue weighted by Gasteiger charge is -2.31. The van der Waals surface area contributed by atoms with Crippen molar-refractivity contribution in [3.8, 4) is 0 Å². The molecule has 7 heteroatoms. The lowest BCUT2D eigenvalue weighted by Crippen LogP contribution is -2.49. The molecule has 0 saturated carbocycles. The zero-order valence-electron chi connectivity index (χ0n) is 15.5. The number of hydrogen-bond donors (Lipinski definition) is 2. The number of carbonyl (C=O) groups excluding carboxylic acids is 2. The minimum Gasteiger partial charge on any atom is -0.399 e. The van der Waals surface area contributed by atoms with Gasteiger partial charge in [0.25, 0.3) is 5.91 Å². The van der Waals surface area contributed by atoms with Crippen LogP contribution in [-0.4, -0.2) is 54.7 Å². The number of aliphatic hydroxyl groups is 1. The summed E-state index contributed by atoms with van der Waals surface area (Å²) in [5.41, 5.74) is 5.82. The van der Waals surface area contributed by atoms with E-state index in [9.17, 15) is 14.7 Å². The molecule has 2 aromatic carbocycles. The standard InChI is InChI=1S/C21H23N3O4/c22-16-5-3-4-15(12-16)19(25)13-21(27)17-6-1-2-7-18(17)24(20(21)26)14-23-8-10-28-11-9-23/h1-7,12,27H,8-11,13-14,22H2. The number of ketones is 1. The Kier molecular flexibility index (Phi) is 4.89. The van der Waals surface area contributed by atoms with E-state index < -0.39 is 11.5 Å². The molecule has 2 aliphatic rings. The first kappa shape index (κ1) is 18.6. The van der Waals surface area contributed by atoms with E-state index in [1.807, 2.05) is 6.07 Å². The van der Waals surface area contributed by atoms with Crippen LogP contribution in [0.3, 0.4) is 0 Å². The molecule has 0 radical (unpaired) electrons. The summed E-state index contributed by atoms with van der Waals surface area (Å²) in [6, 6.07) is 13.7. The maximum absolute atomic E-state index is 13.2. The molecule has 0 bridgehead atoms. The second-order valence-electron chi connectivity index (χ2n) is 7.21. The number of anilines is 2. The first-order chi connectivity index (χ1) is 13.5. The molecular formula is C21H23N3O4. The Morgan fingerprint density at radius 1 is 1.14 bits per heavy atom. The van der Waals surface area contributed by atoms with Gasteiger partial charge in [-0.2, -0.15) is 0 Å². The van der Waals surface area contributed by atoms with Crippen molar-refractivity contribution < 1.29 is 19.4 Å². The molecule has 0 aliphatic carbocycles. The Bertz CT molecular complexity index is 910. The molecule has 7 nitrogen and oxygen atoms in total. The van der Waals surface area contributed by atoms with Gasteiger partial charge in [0.15, 0.2) is 11.4 Å². The van der Waals surface area contributed by atoms with Gasteiger partial charge in [-0.05, 0) is 18.2 Å². The van der Waals surface area contributed by atoms with E-state index in [0.717, 1.165) is 0 Å². The Labute approximate surface area is 163 Å². The average molecular weight is 381 g/mol. The van der Waals surface area contributed by atoms with Crippen molar-refractivity contribution in [3.05, 3.63) is 59.7 Å². The fourth-order valence-corrected chi connectivity index (χ4v) is 3.81. The van der Waals surface area contributed by atoms with E-state index in [1.54, 1.807) is 47.4 Å². The zero-order chi connectivity index (χ0) is 19.7. The number of morpholine rings is 1. The molecule has 1 fully saturated rings. The Morgan fingerprint density at radius 2 is 1.89 bits per heavy atom. The third-order valence-electron chi connectivity index (χ3n) is 5.31. The van der Waals surface area contributed by atoms with Gasteiger partial charge in [0.2, 0.25) is 0 Å². The number of Topliss-reactive ketones (excluding diaryl/α,β-unsaturated/α-hetero) is 1. The molecule has 4 rings (SSSR count). The topological polar surface area (TPSA) is 96.1 Å². The Balaban J connectivity index is 1.62. The minimum atomic E-state index is -1.88.